The van der Waals surface area contributed by atoms with Gasteiger partial charge in [-0.1, -0.05) is 5.16 Å². The molecule has 0 aliphatic carbocycles. The molecule has 1 aromatic heterocycles. The number of nitrogens with zero attached hydrogens (tertiary/aromatic N) is 2. The fourth-order valence-electron chi connectivity index (χ4n) is 1.48. The number of hydrogen-bond acceptors (Lipinski definition) is 4. The second-order valence-electron chi connectivity index (χ2n) is 4.06. The number of amides is 1. The van der Waals surface area contributed by atoms with Crippen molar-refractivity contribution in [3.05, 3.63) is 17.0 Å². The Hall–Kier alpha value is -1.85. The van der Waals surface area contributed by atoms with Crippen LogP contribution in [-0.2, 0) is 16.1 Å². The molecular formula is C11H16N2O4. The minimum atomic E-state index is -1.12. The standard InChI is InChI=1S/C11H16N2O4/c1-6(11(15)16)10(14)13(4)5-9-7(2)12-17-8(9)3/h6H,5H2,1-4H3,(H,15,16). The lowest BCUT2D eigenvalue weighted by molar-refractivity contribution is -0.149. The van der Waals surface area contributed by atoms with Crippen LogP contribution in [0.15, 0.2) is 4.52 Å². The van der Waals surface area contributed by atoms with Gasteiger partial charge in [0.15, 0.2) is 0 Å². The van der Waals surface area contributed by atoms with Gasteiger partial charge in [-0.3, -0.25) is 9.59 Å². The van der Waals surface area contributed by atoms with E-state index in [-0.39, 0.29) is 0 Å². The minimum absolute atomic E-state index is 0.303. The summed E-state index contributed by atoms with van der Waals surface area (Å²) in [6.45, 7) is 5.21. The highest BCUT2D eigenvalue weighted by atomic mass is 16.5. The normalized spacial score (nSPS) is 12.2. The molecule has 0 aromatic carbocycles. The van der Waals surface area contributed by atoms with Gasteiger partial charge in [-0.05, 0) is 20.8 Å². The van der Waals surface area contributed by atoms with Crippen LogP contribution < -0.4 is 0 Å². The van der Waals surface area contributed by atoms with Crippen LogP contribution in [-0.4, -0.2) is 34.1 Å². The number of aromatic nitrogens is 1. The van der Waals surface area contributed by atoms with Crippen molar-refractivity contribution in [2.45, 2.75) is 27.3 Å². The van der Waals surface area contributed by atoms with Crippen LogP contribution in [0.1, 0.15) is 23.9 Å². The van der Waals surface area contributed by atoms with Crippen molar-refractivity contribution >= 4 is 11.9 Å². The predicted octanol–water partition coefficient (Wildman–Crippen LogP) is 0.971. The summed E-state index contributed by atoms with van der Waals surface area (Å²) in [7, 11) is 1.56. The van der Waals surface area contributed by atoms with Crippen molar-refractivity contribution in [2.75, 3.05) is 7.05 Å². The quantitative estimate of drug-likeness (QED) is 0.793. The minimum Gasteiger partial charge on any atom is -0.481 e. The largest absolute Gasteiger partial charge is 0.481 e. The average Bonchev–Trinajstić information content (AvgIpc) is 2.58. The van der Waals surface area contributed by atoms with Gasteiger partial charge in [-0.2, -0.15) is 0 Å². The summed E-state index contributed by atoms with van der Waals surface area (Å²) >= 11 is 0. The van der Waals surface area contributed by atoms with E-state index in [0.717, 1.165) is 5.56 Å². The fraction of sp³-hybridized carbons (Fsp3) is 0.545. The molecule has 0 radical (unpaired) electrons. The highest BCUT2D eigenvalue weighted by Gasteiger charge is 2.25. The Bertz CT molecular complexity index is 419. The van der Waals surface area contributed by atoms with Crippen LogP contribution in [0.3, 0.4) is 0 Å². The lowest BCUT2D eigenvalue weighted by Crippen LogP contribution is -2.35. The molecular weight excluding hydrogens is 224 g/mol. The number of carboxylic acid groups (broad SMARTS) is 1. The van der Waals surface area contributed by atoms with Crippen molar-refractivity contribution in [3.8, 4) is 0 Å². The van der Waals surface area contributed by atoms with Crippen molar-refractivity contribution in [1.82, 2.24) is 10.1 Å². The topological polar surface area (TPSA) is 83.6 Å². The molecule has 1 atom stereocenters. The maximum Gasteiger partial charge on any atom is 0.315 e. The maximum absolute atomic E-state index is 11.7. The summed E-state index contributed by atoms with van der Waals surface area (Å²) in [6, 6.07) is 0. The zero-order chi connectivity index (χ0) is 13.2. The number of aliphatic carboxylic acids is 1. The lowest BCUT2D eigenvalue weighted by atomic mass is 10.1. The van der Waals surface area contributed by atoms with Crippen LogP contribution >= 0.6 is 0 Å². The molecule has 0 aliphatic rings. The summed E-state index contributed by atoms with van der Waals surface area (Å²) in [5.41, 5.74) is 1.53. The number of aryl methyl sites for hydroxylation is 2. The van der Waals surface area contributed by atoms with Gasteiger partial charge in [-0.25, -0.2) is 0 Å². The van der Waals surface area contributed by atoms with Crippen molar-refractivity contribution in [3.63, 3.8) is 0 Å². The Morgan fingerprint density at radius 3 is 2.47 bits per heavy atom. The zero-order valence-corrected chi connectivity index (χ0v) is 10.4. The molecule has 1 unspecified atom stereocenters. The lowest BCUT2D eigenvalue weighted by Gasteiger charge is -2.19. The SMILES string of the molecule is Cc1noc(C)c1CN(C)C(=O)C(C)C(=O)O. The first-order valence-corrected chi connectivity index (χ1v) is 5.24. The van der Waals surface area contributed by atoms with E-state index >= 15 is 0 Å². The number of carboxylic acids is 1. The fourth-order valence-corrected chi connectivity index (χ4v) is 1.48. The second kappa shape index (κ2) is 4.99. The molecule has 0 aliphatic heterocycles. The third-order valence-electron chi connectivity index (χ3n) is 2.69. The monoisotopic (exact) mass is 240 g/mol. The number of hydrogen-bond donors (Lipinski definition) is 1. The summed E-state index contributed by atoms with van der Waals surface area (Å²) in [5, 5.41) is 12.5. The highest BCUT2D eigenvalue weighted by Crippen LogP contribution is 2.15. The molecule has 1 rings (SSSR count). The Labute approximate surface area is 99.2 Å². The summed E-state index contributed by atoms with van der Waals surface area (Å²) in [6.07, 6.45) is 0. The molecule has 17 heavy (non-hydrogen) atoms. The molecule has 0 fully saturated rings. The van der Waals surface area contributed by atoms with Gasteiger partial charge < -0.3 is 14.5 Å². The molecule has 0 saturated carbocycles. The molecule has 0 saturated heterocycles. The van der Waals surface area contributed by atoms with E-state index < -0.39 is 17.8 Å². The van der Waals surface area contributed by atoms with E-state index in [1.54, 1.807) is 20.9 Å². The van der Waals surface area contributed by atoms with Crippen molar-refractivity contribution < 1.29 is 19.2 Å². The Morgan fingerprint density at radius 2 is 2.06 bits per heavy atom. The Kier molecular flexibility index (Phi) is 3.88. The molecule has 0 spiro atoms. The van der Waals surface area contributed by atoms with Gasteiger partial charge >= 0.3 is 5.97 Å². The molecule has 1 amide bonds. The van der Waals surface area contributed by atoms with E-state index in [1.165, 1.54) is 11.8 Å². The van der Waals surface area contributed by atoms with Gasteiger partial charge in [0.05, 0.1) is 12.2 Å². The molecule has 0 bridgehead atoms. The third-order valence-corrected chi connectivity index (χ3v) is 2.69. The van der Waals surface area contributed by atoms with Gasteiger partial charge in [-0.15, -0.1) is 0 Å². The summed E-state index contributed by atoms with van der Waals surface area (Å²) < 4.78 is 4.98. The number of carbonyl (C=O) groups excluding carboxylic acids is 1. The van der Waals surface area contributed by atoms with Gasteiger partial charge in [0.2, 0.25) is 5.91 Å². The first-order valence-electron chi connectivity index (χ1n) is 5.24. The molecule has 1 N–H and O–H groups in total. The highest BCUT2D eigenvalue weighted by molar-refractivity contribution is 5.96. The predicted molar refractivity (Wildman–Crippen MR) is 59.3 cm³/mol. The zero-order valence-electron chi connectivity index (χ0n) is 10.4. The second-order valence-corrected chi connectivity index (χ2v) is 4.06. The number of rotatable bonds is 4. The van der Waals surface area contributed by atoms with E-state index in [2.05, 4.69) is 5.16 Å². The first kappa shape index (κ1) is 13.2. The first-order chi connectivity index (χ1) is 7.84. The maximum atomic E-state index is 11.7. The summed E-state index contributed by atoms with van der Waals surface area (Å²) in [5.74, 6) is -1.95. The summed E-state index contributed by atoms with van der Waals surface area (Å²) in [4.78, 5) is 23.8. The Morgan fingerprint density at radius 1 is 1.47 bits per heavy atom. The third kappa shape index (κ3) is 2.83. The Balaban J connectivity index is 2.76. The van der Waals surface area contributed by atoms with Crippen molar-refractivity contribution in [2.24, 2.45) is 5.92 Å². The molecule has 6 heteroatoms. The van der Waals surface area contributed by atoms with Gasteiger partial charge in [0.1, 0.15) is 11.7 Å². The van der Waals surface area contributed by atoms with Crippen LogP contribution in [0.25, 0.3) is 0 Å². The smallest absolute Gasteiger partial charge is 0.315 e. The van der Waals surface area contributed by atoms with Gasteiger partial charge in [0, 0.05) is 12.6 Å². The van der Waals surface area contributed by atoms with E-state index in [4.69, 9.17) is 9.63 Å². The number of carbonyl (C=O) groups is 2. The average molecular weight is 240 g/mol. The van der Waals surface area contributed by atoms with Crippen LogP contribution in [0.2, 0.25) is 0 Å². The molecule has 1 aromatic rings. The van der Waals surface area contributed by atoms with E-state index in [1.807, 2.05) is 0 Å². The molecule has 1 heterocycles. The molecule has 6 nitrogen and oxygen atoms in total. The van der Waals surface area contributed by atoms with Crippen LogP contribution in [0.5, 0.6) is 0 Å². The molecule has 94 valence electrons. The van der Waals surface area contributed by atoms with Crippen LogP contribution in [0, 0.1) is 19.8 Å². The van der Waals surface area contributed by atoms with E-state index in [9.17, 15) is 9.59 Å². The van der Waals surface area contributed by atoms with Crippen molar-refractivity contribution in [1.29, 1.82) is 0 Å². The van der Waals surface area contributed by atoms with Crippen LogP contribution in [0.4, 0.5) is 0 Å². The van der Waals surface area contributed by atoms with Gasteiger partial charge in [0.25, 0.3) is 0 Å². The van der Waals surface area contributed by atoms with E-state index in [0.29, 0.717) is 18.0 Å².